The fraction of sp³-hybridized carbons (Fsp3) is 0.182. The molecule has 47 heavy (non-hydrogen) atoms. The van der Waals surface area contributed by atoms with Gasteiger partial charge in [0.1, 0.15) is 0 Å². The predicted molar refractivity (Wildman–Crippen MR) is 201 cm³/mol. The molecule has 2 aliphatic heterocycles. The molecule has 0 aromatic heterocycles. The van der Waals surface area contributed by atoms with Crippen molar-refractivity contribution in [3.05, 3.63) is 150 Å². The van der Waals surface area contributed by atoms with E-state index in [0.29, 0.717) is 0 Å². The van der Waals surface area contributed by atoms with Crippen molar-refractivity contribution in [3.8, 4) is 22.3 Å². The number of anilines is 5. The van der Waals surface area contributed by atoms with Crippen LogP contribution < -0.4 is 20.6 Å². The van der Waals surface area contributed by atoms with Crippen LogP contribution in [0.25, 0.3) is 22.3 Å². The highest BCUT2D eigenvalue weighted by atomic mass is 15.2. The molecule has 0 amide bonds. The Balaban J connectivity index is 1.33. The lowest BCUT2D eigenvalue weighted by molar-refractivity contribution is 0.590. The summed E-state index contributed by atoms with van der Waals surface area (Å²) in [6, 6.07) is 50.4. The summed E-state index contributed by atoms with van der Waals surface area (Å²) < 4.78 is 0. The molecular weight excluding hydrogens is 567 g/mol. The van der Waals surface area contributed by atoms with Crippen molar-refractivity contribution in [2.45, 2.75) is 51.9 Å². The molecular formula is C44H39BN2. The highest BCUT2D eigenvalue weighted by Crippen LogP contribution is 2.48. The summed E-state index contributed by atoms with van der Waals surface area (Å²) in [5, 5.41) is 0. The normalized spacial score (nSPS) is 14.7. The Morgan fingerprint density at radius 3 is 1.94 bits per heavy atom. The van der Waals surface area contributed by atoms with Crippen molar-refractivity contribution in [1.29, 1.82) is 0 Å². The third kappa shape index (κ3) is 4.47. The molecule has 6 aromatic carbocycles. The van der Waals surface area contributed by atoms with Crippen LogP contribution in [0.2, 0.25) is 0 Å². The van der Waals surface area contributed by atoms with Gasteiger partial charge in [-0.2, -0.15) is 0 Å². The molecule has 9 rings (SSSR count). The lowest BCUT2D eigenvalue weighted by Crippen LogP contribution is -2.61. The zero-order valence-electron chi connectivity index (χ0n) is 27.5. The van der Waals surface area contributed by atoms with Gasteiger partial charge >= 0.3 is 6.85 Å². The maximum Gasteiger partial charge on any atom is 0.333 e. The smallest absolute Gasteiger partial charge is 0.333 e. The molecule has 6 aromatic rings. The van der Waals surface area contributed by atoms with E-state index in [-0.39, 0.29) is 12.3 Å². The number of hydrogen-bond donors (Lipinski definition) is 0. The van der Waals surface area contributed by atoms with Crippen LogP contribution in [-0.4, -0.2) is 6.85 Å². The van der Waals surface area contributed by atoms with Crippen molar-refractivity contribution >= 4 is 46.2 Å². The van der Waals surface area contributed by atoms with Gasteiger partial charge in [0.15, 0.2) is 0 Å². The lowest BCUT2D eigenvalue weighted by atomic mass is 9.43. The van der Waals surface area contributed by atoms with Crippen LogP contribution in [0.15, 0.2) is 133 Å². The van der Waals surface area contributed by atoms with Crippen LogP contribution in [-0.2, 0) is 18.3 Å². The van der Waals surface area contributed by atoms with E-state index in [1.807, 2.05) is 0 Å². The van der Waals surface area contributed by atoms with Crippen LogP contribution in [0.3, 0.4) is 0 Å². The number of nitrogens with zero attached hydrogens (tertiary/aromatic N) is 2. The zero-order chi connectivity index (χ0) is 31.7. The minimum Gasteiger partial charge on any atom is -0.376 e. The molecule has 0 unspecified atom stereocenters. The molecule has 228 valence electrons. The van der Waals surface area contributed by atoms with E-state index in [4.69, 9.17) is 0 Å². The van der Waals surface area contributed by atoms with Crippen LogP contribution in [0.5, 0.6) is 0 Å². The van der Waals surface area contributed by atoms with E-state index in [2.05, 4.69) is 164 Å². The van der Waals surface area contributed by atoms with E-state index in [1.54, 1.807) is 0 Å². The Hall–Kier alpha value is -5.02. The van der Waals surface area contributed by atoms with E-state index in [1.165, 1.54) is 91.1 Å². The second kappa shape index (κ2) is 10.8. The van der Waals surface area contributed by atoms with Crippen molar-refractivity contribution < 1.29 is 0 Å². The number of fused-ring (bicyclic) bond motifs is 5. The number of aryl methyl sites for hydroxylation is 2. The van der Waals surface area contributed by atoms with Gasteiger partial charge in [-0.3, -0.25) is 0 Å². The monoisotopic (exact) mass is 606 g/mol. The largest absolute Gasteiger partial charge is 0.376 e. The van der Waals surface area contributed by atoms with Gasteiger partial charge in [0.25, 0.3) is 0 Å². The van der Waals surface area contributed by atoms with Crippen molar-refractivity contribution in [3.63, 3.8) is 0 Å². The summed E-state index contributed by atoms with van der Waals surface area (Å²) in [5.41, 5.74) is 18.7. The summed E-state index contributed by atoms with van der Waals surface area (Å²) in [7, 11) is 0. The average molecular weight is 607 g/mol. The third-order valence-corrected chi connectivity index (χ3v) is 10.6. The summed E-state index contributed by atoms with van der Waals surface area (Å²) >= 11 is 0. The minimum absolute atomic E-state index is 0.0292. The Kier molecular flexibility index (Phi) is 6.47. The van der Waals surface area contributed by atoms with Crippen LogP contribution >= 0.6 is 0 Å². The van der Waals surface area contributed by atoms with Crippen LogP contribution in [0, 0.1) is 0 Å². The summed E-state index contributed by atoms with van der Waals surface area (Å²) in [6.45, 7) is 6.88. The van der Waals surface area contributed by atoms with E-state index in [0.717, 1.165) is 12.8 Å². The molecule has 2 nitrogen and oxygen atoms in total. The molecule has 0 atom stereocenters. The first-order valence-electron chi connectivity index (χ1n) is 17.2. The van der Waals surface area contributed by atoms with E-state index >= 15 is 0 Å². The molecule has 2 heterocycles. The first-order chi connectivity index (χ1) is 23.0. The Labute approximate surface area is 279 Å². The van der Waals surface area contributed by atoms with Gasteiger partial charge in [0.2, 0.25) is 0 Å². The maximum absolute atomic E-state index is 2.68. The second-order valence-corrected chi connectivity index (χ2v) is 14.4. The first-order valence-corrected chi connectivity index (χ1v) is 17.2. The Morgan fingerprint density at radius 2 is 1.17 bits per heavy atom. The first kappa shape index (κ1) is 28.2. The predicted octanol–water partition coefficient (Wildman–Crippen LogP) is 10.2. The molecule has 0 N–H and O–H groups in total. The topological polar surface area (TPSA) is 6.48 Å². The summed E-state index contributed by atoms with van der Waals surface area (Å²) in [5.74, 6) is 0. The molecule has 1 aliphatic carbocycles. The number of para-hydroxylation sites is 2. The van der Waals surface area contributed by atoms with Crippen molar-refractivity contribution in [2.75, 3.05) is 9.71 Å². The minimum atomic E-state index is 0.0292. The molecule has 0 bridgehead atoms. The second-order valence-electron chi connectivity index (χ2n) is 14.4. The van der Waals surface area contributed by atoms with Gasteiger partial charge < -0.3 is 9.71 Å². The number of benzene rings is 6. The highest BCUT2D eigenvalue weighted by Gasteiger charge is 2.45. The number of rotatable bonds is 3. The summed E-state index contributed by atoms with van der Waals surface area (Å²) in [6.07, 6.45) is 4.84. The van der Waals surface area contributed by atoms with Gasteiger partial charge in [-0.05, 0) is 112 Å². The highest BCUT2D eigenvalue weighted by molar-refractivity contribution is 6.93. The van der Waals surface area contributed by atoms with Crippen LogP contribution in [0.1, 0.15) is 50.3 Å². The molecule has 0 radical (unpaired) electrons. The van der Waals surface area contributed by atoms with Gasteiger partial charge in [-0.15, -0.1) is 0 Å². The van der Waals surface area contributed by atoms with Gasteiger partial charge in [0.05, 0.1) is 0 Å². The maximum atomic E-state index is 2.68. The lowest BCUT2D eigenvalue weighted by Gasteiger charge is -2.46. The van der Waals surface area contributed by atoms with E-state index < -0.39 is 0 Å². The Bertz CT molecular complexity index is 2140. The molecule has 0 spiro atoms. The SMILES string of the molecule is CC(C)(C)c1ccc(N2c3ccccc3B3c4c(cccc42)-c2ccccc2N3c2cc3c(cc2-c2ccccc2)CCCC3)cc1. The molecule has 0 saturated carbocycles. The van der Waals surface area contributed by atoms with Gasteiger partial charge in [-0.25, -0.2) is 0 Å². The van der Waals surface area contributed by atoms with Crippen molar-refractivity contribution in [1.82, 2.24) is 0 Å². The quantitative estimate of drug-likeness (QED) is 0.185. The third-order valence-electron chi connectivity index (χ3n) is 10.6. The van der Waals surface area contributed by atoms with Gasteiger partial charge in [0, 0.05) is 39.6 Å². The fourth-order valence-electron chi connectivity index (χ4n) is 8.28. The zero-order valence-corrected chi connectivity index (χ0v) is 27.5. The molecule has 0 fully saturated rings. The average Bonchev–Trinajstić information content (AvgIpc) is 3.11. The van der Waals surface area contributed by atoms with Crippen LogP contribution in [0.4, 0.5) is 28.4 Å². The van der Waals surface area contributed by atoms with Crippen molar-refractivity contribution in [2.24, 2.45) is 0 Å². The Morgan fingerprint density at radius 1 is 0.532 bits per heavy atom. The summed E-state index contributed by atoms with van der Waals surface area (Å²) in [4.78, 5) is 5.17. The standard InChI is InChI=1S/C44H39BN2/c1-44(2,3)33-24-26-34(27-25-33)46-40-22-12-10-20-38(40)45-43-36(19-13-23-41(43)46)35-18-9-11-21-39(35)47(45)42-29-32-17-8-7-16-31(32)28-37(42)30-14-5-4-6-15-30/h4-6,9-15,18-29H,7-8,16-17H2,1-3H3. The molecule has 0 saturated heterocycles. The molecule has 3 heteroatoms. The van der Waals surface area contributed by atoms with E-state index in [9.17, 15) is 0 Å². The number of hydrogen-bond acceptors (Lipinski definition) is 2. The van der Waals surface area contributed by atoms with Gasteiger partial charge in [-0.1, -0.05) is 112 Å². The fourth-order valence-corrected chi connectivity index (χ4v) is 8.28. The molecule has 3 aliphatic rings.